The number of ether oxygens (including phenoxy) is 2. The molecule has 0 unspecified atom stereocenters. The second-order valence-electron chi connectivity index (χ2n) is 8.80. The number of hydroxylamine groups is 2. The smallest absolute Gasteiger partial charge is 0.387 e. The van der Waals surface area contributed by atoms with Gasteiger partial charge in [-0.2, -0.15) is 8.78 Å². The molecular weight excluding hydrogens is 484 g/mol. The molecule has 1 fully saturated rings. The zero-order valence-corrected chi connectivity index (χ0v) is 20.8. The second kappa shape index (κ2) is 11.1. The van der Waals surface area contributed by atoms with Gasteiger partial charge in [0.05, 0.1) is 37.0 Å². The highest BCUT2D eigenvalue weighted by molar-refractivity contribution is 7.74. The molecule has 0 aliphatic carbocycles. The van der Waals surface area contributed by atoms with Crippen molar-refractivity contribution < 1.29 is 36.3 Å². The number of hydrogen-bond acceptors (Lipinski definition) is 8. The van der Waals surface area contributed by atoms with Crippen LogP contribution in [0.2, 0.25) is 0 Å². The van der Waals surface area contributed by atoms with Gasteiger partial charge in [0.25, 0.3) is 0 Å². The van der Waals surface area contributed by atoms with Crippen LogP contribution in [0, 0.1) is 5.41 Å². The molecule has 0 saturated carbocycles. The number of carbonyl (C=O) groups excluding carboxylic acids is 1. The normalized spacial score (nSPS) is 14.8. The number of piperazine rings is 1. The van der Waals surface area contributed by atoms with Crippen LogP contribution in [-0.2, 0) is 20.5 Å². The number of benzene rings is 2. The molecule has 12 heteroatoms. The van der Waals surface area contributed by atoms with Gasteiger partial charge in [0, 0.05) is 24.8 Å². The zero-order chi connectivity index (χ0) is 25.8. The fourth-order valence-electron chi connectivity index (χ4n) is 3.46. The summed E-state index contributed by atoms with van der Waals surface area (Å²) in [5.41, 5.74) is 0.249. The van der Waals surface area contributed by atoms with E-state index < -0.39 is 22.9 Å². The Kier molecular flexibility index (Phi) is 8.39. The standard InChI is InChI=1S/C23H29F2N3O6S/c1-23(2,3)21(29)34-27-13-11-26(12-14-27)16-9-10-18(20(15-16)32-4)28(35(30)31)17-7-5-6-8-19(17)33-22(24)25/h5-10,15,22,35H,11-14H2,1-4H3. The number of methoxy groups -OCH3 is 1. The summed E-state index contributed by atoms with van der Waals surface area (Å²) in [5.74, 6) is -0.358. The molecule has 1 aliphatic heterocycles. The van der Waals surface area contributed by atoms with Crippen molar-refractivity contribution in [1.29, 1.82) is 0 Å². The van der Waals surface area contributed by atoms with Gasteiger partial charge in [-0.15, -0.1) is 5.06 Å². The molecule has 1 saturated heterocycles. The van der Waals surface area contributed by atoms with E-state index in [1.54, 1.807) is 44.0 Å². The van der Waals surface area contributed by atoms with Crippen LogP contribution in [-0.4, -0.2) is 59.4 Å². The fourth-order valence-corrected chi connectivity index (χ4v) is 4.15. The van der Waals surface area contributed by atoms with Crippen molar-refractivity contribution in [3.8, 4) is 11.5 Å². The van der Waals surface area contributed by atoms with Gasteiger partial charge >= 0.3 is 12.6 Å². The van der Waals surface area contributed by atoms with Crippen LogP contribution < -0.4 is 18.7 Å². The third-order valence-corrected chi connectivity index (χ3v) is 6.05. The largest absolute Gasteiger partial charge is 0.494 e. The van der Waals surface area contributed by atoms with Crippen molar-refractivity contribution in [2.75, 3.05) is 42.5 Å². The molecule has 2 aromatic carbocycles. The van der Waals surface area contributed by atoms with Gasteiger partial charge in [0.2, 0.25) is 10.9 Å². The number of carbonyl (C=O) groups is 1. The summed E-state index contributed by atoms with van der Waals surface area (Å²) >= 11 is 0. The molecule has 0 N–H and O–H groups in total. The van der Waals surface area contributed by atoms with Crippen LogP contribution in [0.15, 0.2) is 42.5 Å². The average Bonchev–Trinajstić information content (AvgIpc) is 2.80. The number of thiol groups is 1. The highest BCUT2D eigenvalue weighted by Gasteiger charge is 2.28. The highest BCUT2D eigenvalue weighted by atomic mass is 32.2. The summed E-state index contributed by atoms with van der Waals surface area (Å²) in [6.45, 7) is 4.34. The summed E-state index contributed by atoms with van der Waals surface area (Å²) in [5, 5.41) is 1.62. The summed E-state index contributed by atoms with van der Waals surface area (Å²) in [6.07, 6.45) is 0. The lowest BCUT2D eigenvalue weighted by atomic mass is 9.98. The molecule has 0 spiro atoms. The van der Waals surface area contributed by atoms with E-state index in [1.165, 1.54) is 31.4 Å². The van der Waals surface area contributed by atoms with E-state index in [0.717, 1.165) is 9.99 Å². The molecule has 35 heavy (non-hydrogen) atoms. The van der Waals surface area contributed by atoms with E-state index in [1.807, 2.05) is 4.90 Å². The van der Waals surface area contributed by atoms with Gasteiger partial charge in [-0.1, -0.05) is 12.1 Å². The van der Waals surface area contributed by atoms with Crippen molar-refractivity contribution in [3.05, 3.63) is 42.5 Å². The fraction of sp³-hybridized carbons (Fsp3) is 0.435. The minimum atomic E-state index is -3.27. The second-order valence-corrected chi connectivity index (χ2v) is 9.67. The third kappa shape index (κ3) is 6.51. The lowest BCUT2D eigenvalue weighted by Crippen LogP contribution is -2.48. The summed E-state index contributed by atoms with van der Waals surface area (Å²) < 4.78 is 61.0. The minimum Gasteiger partial charge on any atom is -0.494 e. The van der Waals surface area contributed by atoms with Crippen molar-refractivity contribution in [2.45, 2.75) is 27.4 Å². The number of halogens is 2. The van der Waals surface area contributed by atoms with Crippen molar-refractivity contribution in [1.82, 2.24) is 5.06 Å². The Morgan fingerprint density at radius 1 is 1.00 bits per heavy atom. The van der Waals surface area contributed by atoms with Gasteiger partial charge < -0.3 is 19.2 Å². The van der Waals surface area contributed by atoms with Gasteiger partial charge in [-0.25, -0.2) is 17.5 Å². The molecule has 0 amide bonds. The van der Waals surface area contributed by atoms with Crippen LogP contribution in [0.1, 0.15) is 20.8 Å². The Morgan fingerprint density at radius 2 is 1.63 bits per heavy atom. The first-order valence-electron chi connectivity index (χ1n) is 10.9. The van der Waals surface area contributed by atoms with Crippen LogP contribution in [0.4, 0.5) is 25.8 Å². The Hall–Kier alpha value is -3.12. The summed E-state index contributed by atoms with van der Waals surface area (Å²) in [4.78, 5) is 19.6. The van der Waals surface area contributed by atoms with Crippen LogP contribution in [0.25, 0.3) is 0 Å². The Morgan fingerprint density at radius 3 is 2.20 bits per heavy atom. The number of para-hydroxylation sites is 2. The van der Waals surface area contributed by atoms with Crippen molar-refractivity contribution >= 4 is 33.9 Å². The van der Waals surface area contributed by atoms with E-state index in [-0.39, 0.29) is 28.8 Å². The van der Waals surface area contributed by atoms with Crippen molar-refractivity contribution in [2.24, 2.45) is 5.41 Å². The summed E-state index contributed by atoms with van der Waals surface area (Å²) in [7, 11) is -1.88. The van der Waals surface area contributed by atoms with Crippen LogP contribution in [0.3, 0.4) is 0 Å². The molecule has 1 heterocycles. The molecule has 192 valence electrons. The number of nitrogens with zero attached hydrogens (tertiary/aromatic N) is 3. The lowest BCUT2D eigenvalue weighted by Gasteiger charge is -2.36. The first kappa shape index (κ1) is 26.5. The van der Waals surface area contributed by atoms with E-state index in [0.29, 0.717) is 26.2 Å². The Bertz CT molecular complexity index is 1110. The molecule has 9 nitrogen and oxygen atoms in total. The third-order valence-electron chi connectivity index (χ3n) is 5.29. The van der Waals surface area contributed by atoms with Gasteiger partial charge in [0.15, 0.2) is 5.75 Å². The van der Waals surface area contributed by atoms with E-state index in [2.05, 4.69) is 4.74 Å². The molecule has 0 aromatic heterocycles. The molecule has 0 radical (unpaired) electrons. The highest BCUT2D eigenvalue weighted by Crippen LogP contribution is 2.41. The molecule has 1 aliphatic rings. The summed E-state index contributed by atoms with van der Waals surface area (Å²) in [6, 6.07) is 10.6. The Balaban J connectivity index is 1.83. The van der Waals surface area contributed by atoms with Gasteiger partial charge in [-0.3, -0.25) is 0 Å². The van der Waals surface area contributed by atoms with Crippen LogP contribution in [0.5, 0.6) is 11.5 Å². The first-order valence-corrected chi connectivity index (χ1v) is 12.0. The number of alkyl halides is 2. The molecular formula is C23H29F2N3O6S. The lowest BCUT2D eigenvalue weighted by molar-refractivity contribution is -0.201. The van der Waals surface area contributed by atoms with Crippen LogP contribution >= 0.6 is 0 Å². The van der Waals surface area contributed by atoms with Gasteiger partial charge in [0.1, 0.15) is 5.75 Å². The monoisotopic (exact) mass is 513 g/mol. The predicted octanol–water partition coefficient (Wildman–Crippen LogP) is 3.59. The van der Waals surface area contributed by atoms with E-state index in [4.69, 9.17) is 9.57 Å². The molecule has 2 aromatic rings. The maximum atomic E-state index is 12.9. The average molecular weight is 514 g/mol. The predicted molar refractivity (Wildman–Crippen MR) is 128 cm³/mol. The molecule has 3 rings (SSSR count). The SMILES string of the molecule is COc1cc(N2CCN(OC(=O)C(C)(C)C)CC2)ccc1N(c1ccccc1OC(F)F)[SH](=O)=O. The quantitative estimate of drug-likeness (QED) is 0.536. The topological polar surface area (TPSA) is 88.6 Å². The Labute approximate surface area is 204 Å². The van der Waals surface area contributed by atoms with Gasteiger partial charge in [-0.05, 0) is 45.0 Å². The number of anilines is 3. The zero-order valence-electron chi connectivity index (χ0n) is 19.9. The van der Waals surface area contributed by atoms with E-state index >= 15 is 0 Å². The first-order chi connectivity index (χ1) is 16.5. The minimum absolute atomic E-state index is 0.0655. The number of rotatable bonds is 8. The maximum absolute atomic E-state index is 12.9. The molecule has 0 bridgehead atoms. The van der Waals surface area contributed by atoms with Crippen molar-refractivity contribution in [3.63, 3.8) is 0 Å². The maximum Gasteiger partial charge on any atom is 0.387 e. The number of hydrogen-bond donors (Lipinski definition) is 1. The van der Waals surface area contributed by atoms with E-state index in [9.17, 15) is 22.0 Å². The molecule has 0 atom stereocenters.